The maximum atomic E-state index is 9.95. The second-order valence-corrected chi connectivity index (χ2v) is 6.43. The van der Waals surface area contributed by atoms with Gasteiger partial charge in [-0.25, -0.2) is 0 Å². The first-order valence-electron chi connectivity index (χ1n) is 7.84. The number of aliphatic hydroxyl groups is 1. The molecular weight excluding hydrogens is 284 g/mol. The number of aromatic amines is 1. The van der Waals surface area contributed by atoms with E-state index in [-0.39, 0.29) is 6.10 Å². The number of nitrogens with one attached hydrogen (secondary N) is 1. The number of hydrogen-bond donors (Lipinski definition) is 2. The quantitative estimate of drug-likeness (QED) is 0.902. The fraction of sp³-hybridized carbons (Fsp3) is 0.529. The van der Waals surface area contributed by atoms with E-state index in [2.05, 4.69) is 28.9 Å². The summed E-state index contributed by atoms with van der Waals surface area (Å²) in [6.45, 7) is 4.99. The first-order valence-corrected chi connectivity index (χ1v) is 8.22. The number of H-pyrrole nitrogens is 1. The lowest BCUT2D eigenvalue weighted by Crippen LogP contribution is -2.37. The Labute approximate surface area is 130 Å². The molecule has 0 saturated carbocycles. The summed E-state index contributed by atoms with van der Waals surface area (Å²) in [6.07, 6.45) is 2.88. The van der Waals surface area contributed by atoms with Crippen LogP contribution >= 0.6 is 11.6 Å². The maximum absolute atomic E-state index is 9.95. The van der Waals surface area contributed by atoms with E-state index in [4.69, 9.17) is 11.6 Å². The van der Waals surface area contributed by atoms with Gasteiger partial charge in [0.25, 0.3) is 0 Å². The third-order valence-electron chi connectivity index (χ3n) is 4.69. The van der Waals surface area contributed by atoms with E-state index < -0.39 is 0 Å². The molecule has 0 unspecified atom stereocenters. The zero-order valence-corrected chi connectivity index (χ0v) is 13.2. The number of aromatic nitrogens is 1. The SMILES string of the molecule is CC[C@H](O)C1CCN(Cc2[nH]c3ccccc3c2Cl)CC1. The number of benzene rings is 1. The second kappa shape index (κ2) is 6.39. The molecule has 1 aromatic carbocycles. The van der Waals surface area contributed by atoms with Crippen LogP contribution in [0.2, 0.25) is 5.02 Å². The summed E-state index contributed by atoms with van der Waals surface area (Å²) in [5, 5.41) is 11.9. The van der Waals surface area contributed by atoms with Crippen LogP contribution in [0.15, 0.2) is 24.3 Å². The van der Waals surface area contributed by atoms with E-state index >= 15 is 0 Å². The Balaban J connectivity index is 1.66. The van der Waals surface area contributed by atoms with Crippen molar-refractivity contribution >= 4 is 22.5 Å². The summed E-state index contributed by atoms with van der Waals surface area (Å²) in [5.41, 5.74) is 2.21. The van der Waals surface area contributed by atoms with Gasteiger partial charge in [-0.1, -0.05) is 36.7 Å². The molecule has 1 atom stereocenters. The van der Waals surface area contributed by atoms with Gasteiger partial charge in [0.05, 0.1) is 11.1 Å². The molecule has 3 nitrogen and oxygen atoms in total. The van der Waals surface area contributed by atoms with Crippen molar-refractivity contribution in [1.82, 2.24) is 9.88 Å². The fourth-order valence-corrected chi connectivity index (χ4v) is 3.60. The van der Waals surface area contributed by atoms with Gasteiger partial charge in [-0.3, -0.25) is 4.90 Å². The van der Waals surface area contributed by atoms with Crippen molar-refractivity contribution < 1.29 is 5.11 Å². The first kappa shape index (κ1) is 14.9. The highest BCUT2D eigenvalue weighted by molar-refractivity contribution is 6.36. The predicted octanol–water partition coefficient (Wildman–Crippen LogP) is 3.80. The van der Waals surface area contributed by atoms with Crippen LogP contribution in [0, 0.1) is 5.92 Å². The average Bonchev–Trinajstić information content (AvgIpc) is 2.84. The molecular formula is C17H23ClN2O. The van der Waals surface area contributed by atoms with Crippen LogP contribution in [0.4, 0.5) is 0 Å². The van der Waals surface area contributed by atoms with Crippen molar-refractivity contribution in [3.63, 3.8) is 0 Å². The fourth-order valence-electron chi connectivity index (χ4n) is 3.33. The highest BCUT2D eigenvalue weighted by Crippen LogP contribution is 2.29. The van der Waals surface area contributed by atoms with Crippen molar-refractivity contribution in [3.05, 3.63) is 35.0 Å². The zero-order chi connectivity index (χ0) is 14.8. The van der Waals surface area contributed by atoms with Crippen molar-refractivity contribution in [3.8, 4) is 0 Å². The van der Waals surface area contributed by atoms with Crippen LogP contribution in [0.1, 0.15) is 31.9 Å². The standard InChI is InChI=1S/C17H23ClN2O/c1-2-16(21)12-7-9-20(10-8-12)11-15-17(18)13-5-3-4-6-14(13)19-15/h3-6,12,16,19,21H,2,7-11H2,1H3/t16-/m0/s1. The maximum Gasteiger partial charge on any atom is 0.0705 e. The molecule has 1 fully saturated rings. The number of para-hydroxylation sites is 1. The van der Waals surface area contributed by atoms with Crippen molar-refractivity contribution in [2.45, 2.75) is 38.8 Å². The van der Waals surface area contributed by atoms with E-state index in [0.29, 0.717) is 5.92 Å². The summed E-state index contributed by atoms with van der Waals surface area (Å²) in [5.74, 6) is 0.462. The normalized spacial score (nSPS) is 19.2. The number of nitrogens with zero attached hydrogens (tertiary/aromatic N) is 1. The summed E-state index contributed by atoms with van der Waals surface area (Å²) in [4.78, 5) is 5.86. The smallest absolute Gasteiger partial charge is 0.0705 e. The lowest BCUT2D eigenvalue weighted by Gasteiger charge is -2.33. The van der Waals surface area contributed by atoms with E-state index in [1.807, 2.05) is 12.1 Å². The molecule has 0 radical (unpaired) electrons. The van der Waals surface area contributed by atoms with Crippen LogP contribution in [-0.4, -0.2) is 34.2 Å². The molecule has 2 N–H and O–H groups in total. The highest BCUT2D eigenvalue weighted by atomic mass is 35.5. The van der Waals surface area contributed by atoms with Crippen molar-refractivity contribution in [2.24, 2.45) is 5.92 Å². The van der Waals surface area contributed by atoms with Crippen LogP contribution in [0.5, 0.6) is 0 Å². The topological polar surface area (TPSA) is 39.3 Å². The second-order valence-electron chi connectivity index (χ2n) is 6.05. The van der Waals surface area contributed by atoms with Gasteiger partial charge >= 0.3 is 0 Å². The van der Waals surface area contributed by atoms with E-state index in [1.165, 1.54) is 0 Å². The predicted molar refractivity (Wildman–Crippen MR) is 87.6 cm³/mol. The van der Waals surface area contributed by atoms with Gasteiger partial charge in [0.15, 0.2) is 0 Å². The number of piperidine rings is 1. The molecule has 3 rings (SSSR count). The van der Waals surface area contributed by atoms with E-state index in [0.717, 1.165) is 60.5 Å². The molecule has 0 spiro atoms. The molecule has 2 aromatic rings. The number of likely N-dealkylation sites (tertiary alicyclic amines) is 1. The minimum atomic E-state index is -0.135. The molecule has 0 bridgehead atoms. The largest absolute Gasteiger partial charge is 0.393 e. The Bertz CT molecular complexity index is 602. The summed E-state index contributed by atoms with van der Waals surface area (Å²) >= 11 is 6.48. The Morgan fingerprint density at radius 3 is 2.71 bits per heavy atom. The molecule has 1 aliphatic heterocycles. The lowest BCUT2D eigenvalue weighted by atomic mass is 9.90. The summed E-state index contributed by atoms with van der Waals surface area (Å²) < 4.78 is 0. The van der Waals surface area contributed by atoms with Crippen LogP contribution in [0.3, 0.4) is 0 Å². The molecule has 1 aromatic heterocycles. The Morgan fingerprint density at radius 2 is 2.05 bits per heavy atom. The Morgan fingerprint density at radius 1 is 1.33 bits per heavy atom. The minimum Gasteiger partial charge on any atom is -0.393 e. The van der Waals surface area contributed by atoms with Crippen molar-refractivity contribution in [1.29, 1.82) is 0 Å². The molecule has 114 valence electrons. The third kappa shape index (κ3) is 3.10. The van der Waals surface area contributed by atoms with Crippen LogP contribution in [-0.2, 0) is 6.54 Å². The van der Waals surface area contributed by atoms with Gasteiger partial charge in [0.2, 0.25) is 0 Å². The molecule has 21 heavy (non-hydrogen) atoms. The van der Waals surface area contributed by atoms with Gasteiger partial charge in [-0.2, -0.15) is 0 Å². The summed E-state index contributed by atoms with van der Waals surface area (Å²) in [6, 6.07) is 8.16. The van der Waals surface area contributed by atoms with E-state index in [1.54, 1.807) is 0 Å². The molecule has 0 aliphatic carbocycles. The van der Waals surface area contributed by atoms with Gasteiger partial charge in [0.1, 0.15) is 0 Å². The Hall–Kier alpha value is -1.03. The Kier molecular flexibility index (Phi) is 4.53. The van der Waals surface area contributed by atoms with Crippen molar-refractivity contribution in [2.75, 3.05) is 13.1 Å². The van der Waals surface area contributed by atoms with Crippen LogP contribution < -0.4 is 0 Å². The molecule has 2 heterocycles. The molecule has 1 saturated heterocycles. The van der Waals surface area contributed by atoms with Crippen LogP contribution in [0.25, 0.3) is 10.9 Å². The van der Waals surface area contributed by atoms with Gasteiger partial charge in [0, 0.05) is 23.1 Å². The average molecular weight is 307 g/mol. The number of hydrogen-bond acceptors (Lipinski definition) is 2. The van der Waals surface area contributed by atoms with Gasteiger partial charge in [-0.05, 0) is 44.3 Å². The van der Waals surface area contributed by atoms with Gasteiger partial charge < -0.3 is 10.1 Å². The molecule has 4 heteroatoms. The van der Waals surface area contributed by atoms with E-state index in [9.17, 15) is 5.11 Å². The number of fused-ring (bicyclic) bond motifs is 1. The number of halogens is 1. The molecule has 0 amide bonds. The summed E-state index contributed by atoms with van der Waals surface area (Å²) in [7, 11) is 0. The monoisotopic (exact) mass is 306 g/mol. The zero-order valence-electron chi connectivity index (χ0n) is 12.5. The molecule has 1 aliphatic rings. The number of aliphatic hydroxyl groups excluding tert-OH is 1. The highest BCUT2D eigenvalue weighted by Gasteiger charge is 2.24. The number of rotatable bonds is 4. The first-order chi connectivity index (χ1) is 10.2. The lowest BCUT2D eigenvalue weighted by molar-refractivity contribution is 0.0547. The minimum absolute atomic E-state index is 0.135. The third-order valence-corrected chi connectivity index (χ3v) is 5.12. The van der Waals surface area contributed by atoms with Gasteiger partial charge in [-0.15, -0.1) is 0 Å².